The number of non-ortho nitro benzene ring substituents is 1. The highest BCUT2D eigenvalue weighted by Crippen LogP contribution is 2.37. The number of alkyl halides is 3. The number of carbonyl (C=O) groups is 2. The maximum atomic E-state index is 13.3. The van der Waals surface area contributed by atoms with E-state index in [1.807, 2.05) is 47.1 Å². The summed E-state index contributed by atoms with van der Waals surface area (Å²) in [7, 11) is 0. The van der Waals surface area contributed by atoms with Crippen molar-refractivity contribution in [3.63, 3.8) is 0 Å². The standard InChI is InChI=1S/C24H17F3N4O5/c1-14-28-20-11-15(7-10-21(20)30(14)16-5-3-2-4-6-16)23(33)36-13-22(32)29-19-9-8-17(31(34)35)12-18(19)24(25,26)27/h2-12H,13H2,1H3,(H,29,32). The molecule has 4 aromatic rings. The fraction of sp³-hybridized carbons (Fsp3) is 0.125. The molecule has 0 spiro atoms. The molecule has 184 valence electrons. The maximum Gasteiger partial charge on any atom is 0.418 e. The van der Waals surface area contributed by atoms with Crippen LogP contribution in [0.1, 0.15) is 21.7 Å². The van der Waals surface area contributed by atoms with Crippen LogP contribution in [0.3, 0.4) is 0 Å². The molecule has 1 amide bonds. The Balaban J connectivity index is 1.47. The predicted octanol–water partition coefficient (Wildman–Crippen LogP) is 5.06. The van der Waals surface area contributed by atoms with Gasteiger partial charge in [0.1, 0.15) is 5.82 Å². The summed E-state index contributed by atoms with van der Waals surface area (Å²) < 4.78 is 46.7. The van der Waals surface area contributed by atoms with Crippen molar-refractivity contribution in [2.24, 2.45) is 0 Å². The molecule has 36 heavy (non-hydrogen) atoms. The number of ether oxygens (including phenoxy) is 1. The largest absolute Gasteiger partial charge is 0.452 e. The van der Waals surface area contributed by atoms with Gasteiger partial charge in [0.15, 0.2) is 6.61 Å². The molecule has 0 saturated carbocycles. The first-order chi connectivity index (χ1) is 17.0. The number of esters is 1. The first-order valence-corrected chi connectivity index (χ1v) is 10.4. The number of nitrogens with one attached hydrogen (secondary N) is 1. The molecule has 12 heteroatoms. The summed E-state index contributed by atoms with van der Waals surface area (Å²) in [5.74, 6) is -1.24. The number of hydrogen-bond donors (Lipinski definition) is 1. The summed E-state index contributed by atoms with van der Waals surface area (Å²) in [6, 6.07) is 16.0. The Morgan fingerprint density at radius 3 is 2.47 bits per heavy atom. The van der Waals surface area contributed by atoms with Crippen LogP contribution in [0.25, 0.3) is 16.7 Å². The van der Waals surface area contributed by atoms with Crippen LogP contribution >= 0.6 is 0 Å². The quantitative estimate of drug-likeness (QED) is 0.226. The molecule has 0 atom stereocenters. The Morgan fingerprint density at radius 2 is 1.81 bits per heavy atom. The number of nitro groups is 1. The molecule has 0 aliphatic heterocycles. The molecule has 0 radical (unpaired) electrons. The lowest BCUT2D eigenvalue weighted by Crippen LogP contribution is -2.23. The lowest BCUT2D eigenvalue weighted by Gasteiger charge is -2.13. The van der Waals surface area contributed by atoms with Crippen molar-refractivity contribution in [1.29, 1.82) is 0 Å². The van der Waals surface area contributed by atoms with Gasteiger partial charge in [-0.2, -0.15) is 13.2 Å². The number of fused-ring (bicyclic) bond motifs is 1. The van der Waals surface area contributed by atoms with Crippen LogP contribution < -0.4 is 5.32 Å². The highest BCUT2D eigenvalue weighted by atomic mass is 19.4. The number of benzene rings is 3. The zero-order valence-corrected chi connectivity index (χ0v) is 18.6. The van der Waals surface area contributed by atoms with Gasteiger partial charge in [0.05, 0.1) is 32.8 Å². The molecule has 1 aromatic heterocycles. The van der Waals surface area contributed by atoms with Crippen molar-refractivity contribution in [2.75, 3.05) is 11.9 Å². The van der Waals surface area contributed by atoms with E-state index in [9.17, 15) is 32.9 Å². The van der Waals surface area contributed by atoms with Crippen molar-refractivity contribution in [1.82, 2.24) is 9.55 Å². The number of carbonyl (C=O) groups excluding carboxylic acids is 2. The van der Waals surface area contributed by atoms with E-state index in [4.69, 9.17) is 4.74 Å². The number of aromatic nitrogens is 2. The number of nitrogens with zero attached hydrogens (tertiary/aromatic N) is 3. The fourth-order valence-electron chi connectivity index (χ4n) is 3.62. The van der Waals surface area contributed by atoms with Crippen LogP contribution in [0.2, 0.25) is 0 Å². The molecule has 0 saturated heterocycles. The number of rotatable bonds is 6. The molecular weight excluding hydrogens is 481 g/mol. The van der Waals surface area contributed by atoms with E-state index in [2.05, 4.69) is 4.98 Å². The molecule has 3 aromatic carbocycles. The molecule has 0 aliphatic carbocycles. The summed E-state index contributed by atoms with van der Waals surface area (Å²) in [5, 5.41) is 12.8. The van der Waals surface area contributed by atoms with Gasteiger partial charge >= 0.3 is 12.1 Å². The molecule has 0 fully saturated rings. The van der Waals surface area contributed by atoms with Gasteiger partial charge in [0.25, 0.3) is 11.6 Å². The minimum absolute atomic E-state index is 0.0966. The fourth-order valence-corrected chi connectivity index (χ4v) is 3.62. The molecule has 1 heterocycles. The third-order valence-electron chi connectivity index (χ3n) is 5.20. The van der Waals surface area contributed by atoms with E-state index >= 15 is 0 Å². The molecule has 4 rings (SSSR count). The van der Waals surface area contributed by atoms with Crippen LogP contribution in [0, 0.1) is 17.0 Å². The minimum Gasteiger partial charge on any atom is -0.452 e. The van der Waals surface area contributed by atoms with Gasteiger partial charge in [-0.05, 0) is 43.3 Å². The first-order valence-electron chi connectivity index (χ1n) is 10.4. The highest BCUT2D eigenvalue weighted by molar-refractivity contribution is 5.97. The predicted molar refractivity (Wildman–Crippen MR) is 123 cm³/mol. The lowest BCUT2D eigenvalue weighted by molar-refractivity contribution is -0.385. The second kappa shape index (κ2) is 9.49. The lowest BCUT2D eigenvalue weighted by atomic mass is 10.1. The summed E-state index contributed by atoms with van der Waals surface area (Å²) in [6.45, 7) is 0.936. The number of anilines is 1. The van der Waals surface area contributed by atoms with Crippen LogP contribution in [-0.2, 0) is 15.7 Å². The normalized spacial score (nSPS) is 11.3. The van der Waals surface area contributed by atoms with Crippen molar-refractivity contribution in [3.8, 4) is 5.69 Å². The third-order valence-corrected chi connectivity index (χ3v) is 5.20. The summed E-state index contributed by atoms with van der Waals surface area (Å²) >= 11 is 0. The summed E-state index contributed by atoms with van der Waals surface area (Å²) in [5.41, 5.74) is -0.647. The number of aryl methyl sites for hydroxylation is 1. The van der Waals surface area contributed by atoms with Crippen molar-refractivity contribution >= 4 is 34.3 Å². The Kier molecular flexibility index (Phi) is 6.43. The average molecular weight is 498 g/mol. The second-order valence-corrected chi connectivity index (χ2v) is 7.64. The summed E-state index contributed by atoms with van der Waals surface area (Å²) in [6.07, 6.45) is -4.96. The van der Waals surface area contributed by atoms with Crippen LogP contribution in [0.4, 0.5) is 24.5 Å². The number of halogens is 3. The monoisotopic (exact) mass is 498 g/mol. The van der Waals surface area contributed by atoms with Gasteiger partial charge < -0.3 is 10.1 Å². The van der Waals surface area contributed by atoms with Crippen molar-refractivity contribution < 1.29 is 32.4 Å². The molecular formula is C24H17F3N4O5. The number of nitro benzene ring substituents is 1. The Morgan fingerprint density at radius 1 is 1.08 bits per heavy atom. The second-order valence-electron chi connectivity index (χ2n) is 7.64. The third kappa shape index (κ3) is 5.02. The van der Waals surface area contributed by atoms with Crippen LogP contribution in [0.15, 0.2) is 66.7 Å². The van der Waals surface area contributed by atoms with Crippen LogP contribution in [0.5, 0.6) is 0 Å². The zero-order valence-electron chi connectivity index (χ0n) is 18.6. The van der Waals surface area contributed by atoms with Gasteiger partial charge in [-0.25, -0.2) is 9.78 Å². The van der Waals surface area contributed by atoms with Gasteiger partial charge in [0.2, 0.25) is 0 Å². The average Bonchev–Trinajstić information content (AvgIpc) is 3.17. The highest BCUT2D eigenvalue weighted by Gasteiger charge is 2.35. The molecule has 0 bridgehead atoms. The zero-order chi connectivity index (χ0) is 26.0. The number of hydrogen-bond acceptors (Lipinski definition) is 6. The van der Waals surface area contributed by atoms with E-state index in [-0.39, 0.29) is 5.56 Å². The summed E-state index contributed by atoms with van der Waals surface area (Å²) in [4.78, 5) is 38.9. The van der Waals surface area contributed by atoms with Gasteiger partial charge in [0, 0.05) is 17.8 Å². The van der Waals surface area contributed by atoms with E-state index in [0.717, 1.165) is 23.3 Å². The Hall–Kier alpha value is -4.74. The number of para-hydroxylation sites is 1. The minimum atomic E-state index is -4.96. The smallest absolute Gasteiger partial charge is 0.418 e. The SMILES string of the molecule is Cc1nc2cc(C(=O)OCC(=O)Nc3ccc([N+](=O)[O-])cc3C(F)(F)F)ccc2n1-c1ccccc1. The molecule has 0 aliphatic rings. The number of imidazole rings is 1. The Bertz CT molecular complexity index is 1480. The van der Waals surface area contributed by atoms with Crippen LogP contribution in [-0.4, -0.2) is 33.0 Å². The molecule has 9 nitrogen and oxygen atoms in total. The van der Waals surface area contributed by atoms with E-state index in [0.29, 0.717) is 17.4 Å². The van der Waals surface area contributed by atoms with E-state index < -0.39 is 46.5 Å². The molecule has 0 unspecified atom stereocenters. The van der Waals surface area contributed by atoms with E-state index in [1.54, 1.807) is 6.07 Å². The number of amides is 1. The van der Waals surface area contributed by atoms with Crippen molar-refractivity contribution in [3.05, 3.63) is 93.8 Å². The van der Waals surface area contributed by atoms with Crippen molar-refractivity contribution in [2.45, 2.75) is 13.1 Å². The first kappa shape index (κ1) is 24.4. The topological polar surface area (TPSA) is 116 Å². The molecule has 1 N–H and O–H groups in total. The van der Waals surface area contributed by atoms with E-state index in [1.165, 1.54) is 12.1 Å². The van der Waals surface area contributed by atoms with Gasteiger partial charge in [-0.3, -0.25) is 19.5 Å². The van der Waals surface area contributed by atoms with Gasteiger partial charge in [-0.1, -0.05) is 18.2 Å². The maximum absolute atomic E-state index is 13.3. The van der Waals surface area contributed by atoms with Gasteiger partial charge in [-0.15, -0.1) is 0 Å². The Labute approximate surface area is 201 Å².